The Hall–Kier alpha value is -2.52. The molecule has 0 spiro atoms. The molecule has 0 fully saturated rings. The van der Waals surface area contributed by atoms with Gasteiger partial charge >= 0.3 is 8.25 Å². The molecule has 6 heteroatoms. The maximum absolute atomic E-state index is 11.8. The SMILES string of the molecule is O=Cc1ccccc1O[P+](=O)Oc1ccccc1C=O. The van der Waals surface area contributed by atoms with Crippen LogP contribution < -0.4 is 9.05 Å². The van der Waals surface area contributed by atoms with E-state index in [0.717, 1.165) is 0 Å². The van der Waals surface area contributed by atoms with Crippen LogP contribution in [0.5, 0.6) is 11.5 Å². The summed E-state index contributed by atoms with van der Waals surface area (Å²) in [5, 5.41) is 0. The molecule has 0 aromatic heterocycles. The molecule has 0 aliphatic carbocycles. The monoisotopic (exact) mass is 289 g/mol. The van der Waals surface area contributed by atoms with E-state index in [1.807, 2.05) is 0 Å². The Labute approximate surface area is 116 Å². The van der Waals surface area contributed by atoms with Crippen molar-refractivity contribution in [3.63, 3.8) is 0 Å². The number of para-hydroxylation sites is 2. The van der Waals surface area contributed by atoms with Gasteiger partial charge < -0.3 is 0 Å². The van der Waals surface area contributed by atoms with Gasteiger partial charge in [-0.3, -0.25) is 9.59 Å². The highest BCUT2D eigenvalue weighted by molar-refractivity contribution is 7.34. The lowest BCUT2D eigenvalue weighted by atomic mass is 10.2. The Bertz CT molecular complexity index is 598. The minimum Gasteiger partial charge on any atom is -0.298 e. The zero-order chi connectivity index (χ0) is 14.4. The summed E-state index contributed by atoms with van der Waals surface area (Å²) in [6.45, 7) is 0. The second-order valence-electron chi connectivity index (χ2n) is 3.72. The first kappa shape index (κ1) is 13.9. The van der Waals surface area contributed by atoms with Gasteiger partial charge in [0, 0.05) is 4.57 Å². The molecule has 20 heavy (non-hydrogen) atoms. The lowest BCUT2D eigenvalue weighted by molar-refractivity contribution is 0.111. The first-order valence-electron chi connectivity index (χ1n) is 5.66. The molecule has 0 N–H and O–H groups in total. The molecular weight excluding hydrogens is 279 g/mol. The van der Waals surface area contributed by atoms with Crippen LogP contribution in [0.3, 0.4) is 0 Å². The molecule has 5 nitrogen and oxygen atoms in total. The summed E-state index contributed by atoms with van der Waals surface area (Å²) < 4.78 is 21.9. The van der Waals surface area contributed by atoms with Gasteiger partial charge in [-0.2, -0.15) is 0 Å². The number of carbonyl (C=O) groups is 2. The fourth-order valence-electron chi connectivity index (χ4n) is 1.50. The van der Waals surface area contributed by atoms with Crippen LogP contribution in [0.25, 0.3) is 0 Å². The van der Waals surface area contributed by atoms with E-state index in [2.05, 4.69) is 0 Å². The number of hydrogen-bond acceptors (Lipinski definition) is 5. The van der Waals surface area contributed by atoms with E-state index in [4.69, 9.17) is 9.05 Å². The Morgan fingerprint density at radius 3 is 1.55 bits per heavy atom. The molecule has 0 bridgehead atoms. The third-order valence-corrected chi connectivity index (χ3v) is 3.13. The summed E-state index contributed by atoms with van der Waals surface area (Å²) >= 11 is 0. The minimum absolute atomic E-state index is 0.159. The van der Waals surface area contributed by atoms with Gasteiger partial charge in [-0.25, -0.2) is 9.05 Å². The average Bonchev–Trinajstić information content (AvgIpc) is 2.48. The molecule has 0 amide bonds. The summed E-state index contributed by atoms with van der Waals surface area (Å²) in [5.74, 6) is 0.319. The second kappa shape index (κ2) is 6.59. The molecule has 0 heterocycles. The van der Waals surface area contributed by atoms with Crippen molar-refractivity contribution in [2.75, 3.05) is 0 Å². The fraction of sp³-hybridized carbons (Fsp3) is 0. The highest BCUT2D eigenvalue weighted by Gasteiger charge is 2.26. The van der Waals surface area contributed by atoms with Crippen LogP contribution in [0.4, 0.5) is 0 Å². The van der Waals surface area contributed by atoms with Crippen molar-refractivity contribution in [3.05, 3.63) is 59.7 Å². The lowest BCUT2D eigenvalue weighted by Gasteiger charge is -1.98. The van der Waals surface area contributed by atoms with Crippen molar-refractivity contribution in [1.82, 2.24) is 0 Å². The van der Waals surface area contributed by atoms with Gasteiger partial charge in [-0.15, -0.1) is 0 Å². The topological polar surface area (TPSA) is 69.7 Å². The van der Waals surface area contributed by atoms with Crippen LogP contribution in [0.15, 0.2) is 48.5 Å². The van der Waals surface area contributed by atoms with Crippen molar-refractivity contribution >= 4 is 20.8 Å². The van der Waals surface area contributed by atoms with Gasteiger partial charge in [-0.1, -0.05) is 24.3 Å². The third-order valence-electron chi connectivity index (χ3n) is 2.44. The largest absolute Gasteiger partial charge is 0.805 e. The van der Waals surface area contributed by atoms with Crippen LogP contribution in [0, 0.1) is 0 Å². The van der Waals surface area contributed by atoms with Gasteiger partial charge in [0.1, 0.15) is 0 Å². The van der Waals surface area contributed by atoms with Crippen LogP contribution in [-0.2, 0) is 4.57 Å². The first-order valence-corrected chi connectivity index (χ1v) is 6.75. The number of carbonyl (C=O) groups excluding carboxylic acids is 2. The van der Waals surface area contributed by atoms with Crippen LogP contribution in [0.2, 0.25) is 0 Å². The predicted octanol–water partition coefficient (Wildman–Crippen LogP) is 3.43. The number of hydrogen-bond donors (Lipinski definition) is 0. The molecule has 0 aliphatic heterocycles. The molecule has 100 valence electrons. The predicted molar refractivity (Wildman–Crippen MR) is 72.5 cm³/mol. The Balaban J connectivity index is 2.13. The van der Waals surface area contributed by atoms with E-state index in [9.17, 15) is 14.2 Å². The summed E-state index contributed by atoms with van der Waals surface area (Å²) in [7, 11) is -2.54. The standard InChI is InChI=1S/C14H10O5P/c15-9-11-5-1-3-7-13(11)18-20(17)19-14-8-4-2-6-12(14)10-16/h1-10H/q+1. The normalized spacial score (nSPS) is 9.60. The smallest absolute Gasteiger partial charge is 0.298 e. The van der Waals surface area contributed by atoms with Gasteiger partial charge in [0.15, 0.2) is 12.6 Å². The van der Waals surface area contributed by atoms with Crippen LogP contribution >= 0.6 is 8.25 Å². The molecule has 2 rings (SSSR count). The van der Waals surface area contributed by atoms with Crippen molar-refractivity contribution in [2.24, 2.45) is 0 Å². The van der Waals surface area contributed by atoms with Gasteiger partial charge in [0.25, 0.3) is 0 Å². The molecule has 0 atom stereocenters. The Kier molecular flexibility index (Phi) is 4.58. The van der Waals surface area contributed by atoms with Crippen LogP contribution in [0.1, 0.15) is 20.7 Å². The van der Waals surface area contributed by atoms with Gasteiger partial charge in [-0.05, 0) is 24.3 Å². The van der Waals surface area contributed by atoms with E-state index >= 15 is 0 Å². The van der Waals surface area contributed by atoms with E-state index < -0.39 is 8.25 Å². The highest BCUT2D eigenvalue weighted by atomic mass is 31.1. The number of aldehydes is 2. The zero-order valence-corrected chi connectivity index (χ0v) is 11.2. The van der Waals surface area contributed by atoms with E-state index in [1.165, 1.54) is 24.3 Å². The van der Waals surface area contributed by atoms with Crippen molar-refractivity contribution in [3.8, 4) is 11.5 Å². The highest BCUT2D eigenvalue weighted by Crippen LogP contribution is 2.33. The summed E-state index contributed by atoms with van der Waals surface area (Å²) in [6, 6.07) is 12.7. The summed E-state index contributed by atoms with van der Waals surface area (Å²) in [4.78, 5) is 21.6. The lowest BCUT2D eigenvalue weighted by Crippen LogP contribution is -1.94. The van der Waals surface area contributed by atoms with Crippen molar-refractivity contribution in [1.29, 1.82) is 0 Å². The van der Waals surface area contributed by atoms with Crippen LogP contribution in [-0.4, -0.2) is 12.6 Å². The molecule has 2 aromatic rings. The fourth-order valence-corrected chi connectivity index (χ4v) is 2.19. The number of benzene rings is 2. The summed E-state index contributed by atoms with van der Waals surface area (Å²) in [6.07, 6.45) is 1.19. The molecule has 0 saturated carbocycles. The number of rotatable bonds is 6. The minimum atomic E-state index is -2.54. The van der Waals surface area contributed by atoms with E-state index in [-0.39, 0.29) is 22.6 Å². The molecule has 0 radical (unpaired) electrons. The third kappa shape index (κ3) is 3.28. The first-order chi connectivity index (χ1) is 9.74. The summed E-state index contributed by atoms with van der Waals surface area (Å²) in [5.41, 5.74) is 0.534. The Morgan fingerprint density at radius 1 is 0.750 bits per heavy atom. The van der Waals surface area contributed by atoms with Gasteiger partial charge in [0.05, 0.1) is 11.1 Å². The van der Waals surface area contributed by atoms with Crippen molar-refractivity contribution < 1.29 is 23.2 Å². The average molecular weight is 289 g/mol. The Morgan fingerprint density at radius 2 is 1.15 bits per heavy atom. The quantitative estimate of drug-likeness (QED) is 0.602. The molecule has 0 saturated heterocycles. The molecular formula is C14H10O5P+. The zero-order valence-electron chi connectivity index (χ0n) is 10.3. The van der Waals surface area contributed by atoms with E-state index in [1.54, 1.807) is 24.3 Å². The van der Waals surface area contributed by atoms with Crippen molar-refractivity contribution in [2.45, 2.75) is 0 Å². The molecule has 0 aliphatic rings. The second-order valence-corrected chi connectivity index (χ2v) is 4.53. The maximum Gasteiger partial charge on any atom is 0.805 e. The maximum atomic E-state index is 11.8. The molecule has 0 unspecified atom stereocenters. The molecule has 2 aromatic carbocycles. The van der Waals surface area contributed by atoms with Gasteiger partial charge in [0.2, 0.25) is 11.5 Å². The van der Waals surface area contributed by atoms with E-state index in [0.29, 0.717) is 12.6 Å².